The highest BCUT2D eigenvalue weighted by Gasteiger charge is 2.25. The minimum absolute atomic E-state index is 0.166. The molecule has 3 N–H and O–H groups in total. The number of methoxy groups -OCH3 is 1. The molecule has 2 aromatic carbocycles. The Hall–Kier alpha value is -3.90. The van der Waals surface area contributed by atoms with Crippen LogP contribution in [0, 0.1) is 0 Å². The number of fused-ring (bicyclic) bond motifs is 1. The highest BCUT2D eigenvalue weighted by molar-refractivity contribution is 9.10. The van der Waals surface area contributed by atoms with Crippen molar-refractivity contribution in [3.05, 3.63) is 65.4 Å². The number of nitrogens with zero attached hydrogens (tertiary/aromatic N) is 5. The molecule has 6 rings (SSSR count). The lowest BCUT2D eigenvalue weighted by molar-refractivity contribution is 0.0279. The highest BCUT2D eigenvalue weighted by Crippen LogP contribution is 2.42. The predicted octanol–water partition coefficient (Wildman–Crippen LogP) is 5.24. The Balaban J connectivity index is 1.37. The lowest BCUT2D eigenvalue weighted by Gasteiger charge is -2.26. The summed E-state index contributed by atoms with van der Waals surface area (Å²) in [6, 6.07) is 7.57. The fourth-order valence-electron chi connectivity index (χ4n) is 4.91. The number of hydrogen-bond donors (Lipinski definition) is 3. The maximum Gasteiger partial charge on any atom is 0.229 e. The van der Waals surface area contributed by atoms with E-state index in [-0.39, 0.29) is 6.10 Å². The van der Waals surface area contributed by atoms with Crippen molar-refractivity contribution in [1.29, 1.82) is 0 Å². The summed E-state index contributed by atoms with van der Waals surface area (Å²) in [5.74, 6) is 1.38. The molecule has 1 aliphatic heterocycles. The van der Waals surface area contributed by atoms with Crippen molar-refractivity contribution in [3.63, 3.8) is 0 Å². The molecule has 3 aromatic heterocycles. The van der Waals surface area contributed by atoms with E-state index in [0.717, 1.165) is 23.2 Å². The van der Waals surface area contributed by atoms with Gasteiger partial charge < -0.3 is 34.5 Å². The number of morpholine rings is 1. The van der Waals surface area contributed by atoms with E-state index in [9.17, 15) is 4.57 Å². The van der Waals surface area contributed by atoms with Gasteiger partial charge in [0.05, 0.1) is 52.7 Å². The molecule has 42 heavy (non-hydrogen) atoms. The van der Waals surface area contributed by atoms with Crippen LogP contribution in [0.25, 0.3) is 22.2 Å². The van der Waals surface area contributed by atoms with Crippen LogP contribution in [0.4, 0.5) is 23.1 Å². The quantitative estimate of drug-likeness (QED) is 0.188. The number of benzene rings is 2. The summed E-state index contributed by atoms with van der Waals surface area (Å²) in [7, 11) is -1.15. The number of anilines is 4. The summed E-state index contributed by atoms with van der Waals surface area (Å²) >= 11 is 3.54. The van der Waals surface area contributed by atoms with E-state index in [1.165, 1.54) is 0 Å². The predicted molar refractivity (Wildman–Crippen MR) is 165 cm³/mol. The van der Waals surface area contributed by atoms with Crippen LogP contribution in [0.2, 0.25) is 0 Å². The second kappa shape index (κ2) is 11.8. The van der Waals surface area contributed by atoms with Crippen LogP contribution in [-0.4, -0.2) is 65.2 Å². The number of halogens is 1. The summed E-state index contributed by atoms with van der Waals surface area (Å²) in [4.78, 5) is 18.0. The van der Waals surface area contributed by atoms with Crippen molar-refractivity contribution in [2.75, 3.05) is 50.8 Å². The maximum atomic E-state index is 13.4. The second-order valence-corrected chi connectivity index (χ2v) is 14.0. The first kappa shape index (κ1) is 28.2. The summed E-state index contributed by atoms with van der Waals surface area (Å²) < 4.78 is 31.0. The monoisotopic (exact) mass is 650 g/mol. The summed E-state index contributed by atoms with van der Waals surface area (Å²) in [5.41, 5.74) is 5.15. The van der Waals surface area contributed by atoms with E-state index in [4.69, 9.17) is 19.0 Å². The Labute approximate surface area is 250 Å². The molecule has 0 radical (unpaired) electrons. The van der Waals surface area contributed by atoms with E-state index in [0.29, 0.717) is 62.9 Å². The van der Waals surface area contributed by atoms with Gasteiger partial charge in [0.2, 0.25) is 5.95 Å². The zero-order valence-corrected chi connectivity index (χ0v) is 25.6. The molecule has 4 heterocycles. The lowest BCUT2D eigenvalue weighted by Crippen LogP contribution is -2.33. The topological polar surface area (TPSA) is 149 Å². The molecule has 1 fully saturated rings. The van der Waals surface area contributed by atoms with Gasteiger partial charge >= 0.3 is 0 Å². The van der Waals surface area contributed by atoms with Crippen LogP contribution in [0.1, 0.15) is 11.7 Å². The number of nitrogens with one attached hydrogen (secondary N) is 3. The Morgan fingerprint density at radius 3 is 2.69 bits per heavy atom. The van der Waals surface area contributed by atoms with Gasteiger partial charge in [0.1, 0.15) is 30.5 Å². The van der Waals surface area contributed by atoms with Crippen molar-refractivity contribution < 1.29 is 18.6 Å². The third kappa shape index (κ3) is 5.73. The van der Waals surface area contributed by atoms with Gasteiger partial charge in [-0.15, -0.1) is 0 Å². The molecule has 216 valence electrons. The third-order valence-corrected chi connectivity index (χ3v) is 8.90. The van der Waals surface area contributed by atoms with Crippen molar-refractivity contribution in [2.24, 2.45) is 0 Å². The first-order valence-electron chi connectivity index (χ1n) is 13.1. The van der Waals surface area contributed by atoms with Gasteiger partial charge in [0.15, 0.2) is 0 Å². The van der Waals surface area contributed by atoms with Gasteiger partial charge in [-0.25, -0.2) is 4.98 Å². The van der Waals surface area contributed by atoms with Gasteiger partial charge in [-0.2, -0.15) is 4.98 Å². The van der Waals surface area contributed by atoms with Crippen LogP contribution >= 0.6 is 23.1 Å². The van der Waals surface area contributed by atoms with Crippen LogP contribution < -0.4 is 26.0 Å². The molecule has 1 aliphatic rings. The van der Waals surface area contributed by atoms with Crippen LogP contribution in [0.3, 0.4) is 0 Å². The van der Waals surface area contributed by atoms with Crippen LogP contribution in [0.5, 0.6) is 5.75 Å². The van der Waals surface area contributed by atoms with Crippen molar-refractivity contribution in [1.82, 2.24) is 30.4 Å². The number of ether oxygens (including phenoxy) is 2. The van der Waals surface area contributed by atoms with E-state index in [1.54, 1.807) is 51.5 Å². The van der Waals surface area contributed by atoms with E-state index >= 15 is 0 Å². The zero-order valence-electron chi connectivity index (χ0n) is 23.1. The molecular formula is C28H28BrN8O4P. The molecule has 14 heteroatoms. The minimum Gasteiger partial charge on any atom is -0.495 e. The average molecular weight is 651 g/mol. The summed E-state index contributed by atoms with van der Waals surface area (Å²) in [6.45, 7) is 5.50. The molecule has 5 aromatic rings. The Bertz CT molecular complexity index is 1790. The first-order chi connectivity index (χ1) is 20.3. The largest absolute Gasteiger partial charge is 0.495 e. The van der Waals surface area contributed by atoms with Crippen molar-refractivity contribution >= 4 is 62.6 Å². The minimum atomic E-state index is -2.76. The Morgan fingerprint density at radius 2 is 1.95 bits per heavy atom. The van der Waals surface area contributed by atoms with Crippen molar-refractivity contribution in [2.45, 2.75) is 6.10 Å². The fourth-order valence-corrected chi connectivity index (χ4v) is 6.60. The fraction of sp³-hybridized carbons (Fsp3) is 0.250. The van der Waals surface area contributed by atoms with E-state index in [2.05, 4.69) is 52.0 Å². The Kier molecular flexibility index (Phi) is 7.91. The van der Waals surface area contributed by atoms with Gasteiger partial charge in [-0.1, -0.05) is 5.16 Å². The molecule has 1 atom stereocenters. The van der Waals surface area contributed by atoms with Crippen LogP contribution in [0.15, 0.2) is 64.3 Å². The number of aromatic nitrogens is 5. The zero-order chi connectivity index (χ0) is 29.3. The molecule has 0 saturated carbocycles. The molecular weight excluding hydrogens is 623 g/mol. The molecule has 1 unspecified atom stereocenters. The van der Waals surface area contributed by atoms with Crippen LogP contribution in [-0.2, 0) is 9.30 Å². The molecule has 0 amide bonds. The molecule has 0 spiro atoms. The van der Waals surface area contributed by atoms with E-state index < -0.39 is 7.14 Å². The second-order valence-electron chi connectivity index (χ2n) is 9.99. The maximum absolute atomic E-state index is 13.4. The Morgan fingerprint density at radius 1 is 1.10 bits per heavy atom. The first-order valence-corrected chi connectivity index (χ1v) is 16.5. The van der Waals surface area contributed by atoms with Gasteiger partial charge in [-0.05, 0) is 64.7 Å². The van der Waals surface area contributed by atoms with Gasteiger partial charge in [0.25, 0.3) is 0 Å². The molecule has 0 aliphatic carbocycles. The normalized spacial score (nSPS) is 15.5. The van der Waals surface area contributed by atoms with Gasteiger partial charge in [-0.3, -0.25) is 9.97 Å². The SMILES string of the molecule is COc1cc(C2CNCCO2)c(-c2cnoc2)cc1Nc1ncc(Br)c(Nc2ccc3nccnc3c2P(C)(C)=O)n1. The lowest BCUT2D eigenvalue weighted by atomic mass is 9.96. The third-order valence-electron chi connectivity index (χ3n) is 6.79. The standard InChI is InChI=1S/C28H28BrN8O4P/c1-39-23-11-18(24-14-30-8-9-40-24)17(16-12-34-41-15-16)10-22(23)36-28-33-13-19(29)27(37-28)35-21-5-4-20-25(32-7-6-31-20)26(21)42(2,3)38/h4-7,10-13,15,24,30H,8-9,14H2,1-3H3,(H2,33,35,36,37). The molecule has 0 bridgehead atoms. The number of rotatable bonds is 8. The summed E-state index contributed by atoms with van der Waals surface area (Å²) in [5, 5.41) is 14.5. The van der Waals surface area contributed by atoms with E-state index in [1.807, 2.05) is 24.3 Å². The highest BCUT2D eigenvalue weighted by atomic mass is 79.9. The molecule has 1 saturated heterocycles. The summed E-state index contributed by atoms with van der Waals surface area (Å²) in [6.07, 6.45) is 7.93. The number of hydrogen-bond acceptors (Lipinski definition) is 12. The average Bonchev–Trinajstić information content (AvgIpc) is 3.53. The molecule has 12 nitrogen and oxygen atoms in total. The van der Waals surface area contributed by atoms with Gasteiger partial charge in [0, 0.05) is 37.2 Å². The van der Waals surface area contributed by atoms with Crippen molar-refractivity contribution in [3.8, 4) is 16.9 Å². The smallest absolute Gasteiger partial charge is 0.229 e.